The molecule has 1 amide bonds. The number of aromatic nitrogens is 2. The van der Waals surface area contributed by atoms with Crippen LogP contribution in [0, 0.1) is 6.92 Å². The fourth-order valence-corrected chi connectivity index (χ4v) is 3.88. The van der Waals surface area contributed by atoms with E-state index < -0.39 is 0 Å². The molecule has 2 heterocycles. The Hall–Kier alpha value is -1.79. The molecule has 1 aliphatic heterocycles. The van der Waals surface area contributed by atoms with E-state index in [0.29, 0.717) is 6.54 Å². The quantitative estimate of drug-likeness (QED) is 0.800. The van der Waals surface area contributed by atoms with Crippen molar-refractivity contribution in [3.05, 3.63) is 41.7 Å². The molecule has 128 valence electrons. The Bertz CT molecular complexity index is 742. The number of benzene rings is 1. The van der Waals surface area contributed by atoms with Crippen LogP contribution in [0.5, 0.6) is 0 Å². The number of carbonyl (C=O) groups is 1. The lowest BCUT2D eigenvalue weighted by atomic mass is 10.1. The molecule has 0 bridgehead atoms. The Morgan fingerprint density at radius 1 is 1.33 bits per heavy atom. The van der Waals surface area contributed by atoms with E-state index in [1.165, 1.54) is 5.56 Å². The summed E-state index contributed by atoms with van der Waals surface area (Å²) in [5, 5.41) is 4.30. The predicted octanol–water partition coefficient (Wildman–Crippen LogP) is 2.69. The monoisotopic (exact) mass is 344 g/mol. The van der Waals surface area contributed by atoms with Crippen LogP contribution in [0.4, 0.5) is 5.69 Å². The second kappa shape index (κ2) is 6.99. The zero-order valence-electron chi connectivity index (χ0n) is 14.7. The number of hydrogen-bond acceptors (Lipinski definition) is 4. The third kappa shape index (κ3) is 3.21. The van der Waals surface area contributed by atoms with Crippen LogP contribution in [0.2, 0.25) is 0 Å². The largest absolute Gasteiger partial charge is 0.306 e. The van der Waals surface area contributed by atoms with E-state index in [2.05, 4.69) is 36.2 Å². The van der Waals surface area contributed by atoms with Crippen molar-refractivity contribution < 1.29 is 4.79 Å². The second-order valence-corrected chi connectivity index (χ2v) is 7.18. The number of nitrogens with zero attached hydrogens (tertiary/aromatic N) is 4. The fourth-order valence-electron chi connectivity index (χ4n) is 3.29. The molecule has 6 heteroatoms. The number of amides is 1. The molecule has 2 aromatic rings. The molecular formula is C18H24N4OS. The van der Waals surface area contributed by atoms with Crippen LogP contribution in [-0.4, -0.2) is 46.0 Å². The van der Waals surface area contributed by atoms with Crippen LogP contribution < -0.4 is 4.90 Å². The molecule has 1 aromatic heterocycles. The van der Waals surface area contributed by atoms with Crippen molar-refractivity contribution in [3.63, 3.8) is 0 Å². The molecule has 1 fully saturated rings. The maximum Gasteiger partial charge on any atom is 0.241 e. The zero-order valence-corrected chi connectivity index (χ0v) is 15.5. The van der Waals surface area contributed by atoms with E-state index in [0.717, 1.165) is 29.4 Å². The minimum atomic E-state index is 0.150. The average molecular weight is 344 g/mol. The second-order valence-electron chi connectivity index (χ2n) is 6.33. The summed E-state index contributed by atoms with van der Waals surface area (Å²) in [5.41, 5.74) is 3.38. The molecule has 1 saturated heterocycles. The minimum absolute atomic E-state index is 0.150. The molecule has 1 atom stereocenters. The highest BCUT2D eigenvalue weighted by Crippen LogP contribution is 2.31. The first-order valence-electron chi connectivity index (χ1n) is 8.16. The third-order valence-corrected chi connectivity index (χ3v) is 5.45. The summed E-state index contributed by atoms with van der Waals surface area (Å²) in [7, 11) is 1.95. The highest BCUT2D eigenvalue weighted by Gasteiger charge is 2.32. The molecule has 0 aliphatic carbocycles. The zero-order chi connectivity index (χ0) is 17.3. The molecule has 0 radical (unpaired) electrons. The Morgan fingerprint density at radius 3 is 2.71 bits per heavy atom. The van der Waals surface area contributed by atoms with E-state index in [4.69, 9.17) is 0 Å². The van der Waals surface area contributed by atoms with Gasteiger partial charge in [0.1, 0.15) is 0 Å². The van der Waals surface area contributed by atoms with Gasteiger partial charge in [-0.15, -0.1) is 11.8 Å². The molecule has 5 nitrogen and oxygen atoms in total. The van der Waals surface area contributed by atoms with E-state index in [1.807, 2.05) is 41.0 Å². The van der Waals surface area contributed by atoms with Crippen molar-refractivity contribution >= 4 is 23.4 Å². The molecule has 0 spiro atoms. The molecule has 0 unspecified atom stereocenters. The van der Waals surface area contributed by atoms with Gasteiger partial charge in [0, 0.05) is 42.3 Å². The SMILES string of the molecule is CSc1ccccc1N1C(=O)CN(Cc2cnn(C)c2C)C[C@H]1C. The van der Waals surface area contributed by atoms with E-state index in [1.54, 1.807) is 11.8 Å². The van der Waals surface area contributed by atoms with Gasteiger partial charge < -0.3 is 4.90 Å². The van der Waals surface area contributed by atoms with Crippen LogP contribution in [0.15, 0.2) is 35.4 Å². The first kappa shape index (κ1) is 17.0. The van der Waals surface area contributed by atoms with Crippen molar-refractivity contribution in [3.8, 4) is 0 Å². The van der Waals surface area contributed by atoms with Gasteiger partial charge in [-0.2, -0.15) is 5.10 Å². The van der Waals surface area contributed by atoms with E-state index in [9.17, 15) is 4.79 Å². The maximum atomic E-state index is 12.8. The van der Waals surface area contributed by atoms with Gasteiger partial charge in [-0.1, -0.05) is 12.1 Å². The van der Waals surface area contributed by atoms with Crippen LogP contribution in [0.3, 0.4) is 0 Å². The molecule has 24 heavy (non-hydrogen) atoms. The Morgan fingerprint density at radius 2 is 2.08 bits per heavy atom. The lowest BCUT2D eigenvalue weighted by molar-refractivity contribution is -0.122. The number of carbonyl (C=O) groups excluding carboxylic acids is 1. The summed E-state index contributed by atoms with van der Waals surface area (Å²) in [6, 6.07) is 8.29. The minimum Gasteiger partial charge on any atom is -0.306 e. The van der Waals surface area contributed by atoms with Crippen LogP contribution >= 0.6 is 11.8 Å². The van der Waals surface area contributed by atoms with E-state index in [-0.39, 0.29) is 11.9 Å². The first-order valence-corrected chi connectivity index (χ1v) is 9.38. The first-order chi connectivity index (χ1) is 11.5. The number of hydrogen-bond donors (Lipinski definition) is 0. The predicted molar refractivity (Wildman–Crippen MR) is 98.4 cm³/mol. The molecule has 3 rings (SSSR count). The van der Waals surface area contributed by atoms with Crippen LogP contribution in [0.25, 0.3) is 0 Å². The Kier molecular flexibility index (Phi) is 4.96. The standard InChI is InChI=1S/C18H24N4OS/c1-13-10-21(11-15-9-19-20(3)14(15)2)12-18(23)22(13)16-7-5-6-8-17(16)24-4/h5-9,13H,10-12H2,1-4H3/t13-/m1/s1. The van der Waals surface area contributed by atoms with Crippen molar-refractivity contribution in [2.75, 3.05) is 24.2 Å². The van der Waals surface area contributed by atoms with Gasteiger partial charge in [-0.3, -0.25) is 14.4 Å². The molecule has 1 aromatic carbocycles. The summed E-state index contributed by atoms with van der Waals surface area (Å²) in [6.07, 6.45) is 3.95. The fraction of sp³-hybridized carbons (Fsp3) is 0.444. The van der Waals surface area contributed by atoms with Crippen molar-refractivity contribution in [1.29, 1.82) is 0 Å². The van der Waals surface area contributed by atoms with Crippen molar-refractivity contribution in [1.82, 2.24) is 14.7 Å². The van der Waals surface area contributed by atoms with Crippen LogP contribution in [-0.2, 0) is 18.4 Å². The van der Waals surface area contributed by atoms with Gasteiger partial charge in [0.05, 0.1) is 18.4 Å². The summed E-state index contributed by atoms with van der Waals surface area (Å²) >= 11 is 1.68. The highest BCUT2D eigenvalue weighted by atomic mass is 32.2. The average Bonchev–Trinajstić information content (AvgIpc) is 2.87. The summed E-state index contributed by atoms with van der Waals surface area (Å²) in [4.78, 5) is 18.1. The van der Waals surface area contributed by atoms with Gasteiger partial charge in [0.2, 0.25) is 5.91 Å². The van der Waals surface area contributed by atoms with Crippen LogP contribution in [0.1, 0.15) is 18.2 Å². The summed E-state index contributed by atoms with van der Waals surface area (Å²) in [5.74, 6) is 0.164. The maximum absolute atomic E-state index is 12.8. The Balaban J connectivity index is 1.77. The van der Waals surface area contributed by atoms with Crippen molar-refractivity contribution in [2.24, 2.45) is 7.05 Å². The smallest absolute Gasteiger partial charge is 0.241 e. The molecule has 0 saturated carbocycles. The number of thioether (sulfide) groups is 1. The summed E-state index contributed by atoms with van der Waals surface area (Å²) in [6.45, 7) is 6.27. The van der Waals surface area contributed by atoms with Gasteiger partial charge in [0.25, 0.3) is 0 Å². The Labute approximate surface area is 147 Å². The van der Waals surface area contributed by atoms with Gasteiger partial charge in [-0.25, -0.2) is 0 Å². The number of aryl methyl sites for hydroxylation is 1. The topological polar surface area (TPSA) is 41.4 Å². The molecule has 1 aliphatic rings. The number of rotatable bonds is 4. The summed E-state index contributed by atoms with van der Waals surface area (Å²) < 4.78 is 1.88. The normalized spacial score (nSPS) is 19.1. The molecular weight excluding hydrogens is 320 g/mol. The number of para-hydroxylation sites is 1. The highest BCUT2D eigenvalue weighted by molar-refractivity contribution is 7.98. The lowest BCUT2D eigenvalue weighted by Gasteiger charge is -2.40. The van der Waals surface area contributed by atoms with Gasteiger partial charge in [-0.05, 0) is 32.2 Å². The molecule has 0 N–H and O–H groups in total. The van der Waals surface area contributed by atoms with Gasteiger partial charge >= 0.3 is 0 Å². The third-order valence-electron chi connectivity index (χ3n) is 4.67. The van der Waals surface area contributed by atoms with Crippen molar-refractivity contribution in [2.45, 2.75) is 31.3 Å². The van der Waals surface area contributed by atoms with E-state index >= 15 is 0 Å². The number of piperazine rings is 1. The number of anilines is 1. The lowest BCUT2D eigenvalue weighted by Crippen LogP contribution is -2.55. The van der Waals surface area contributed by atoms with Gasteiger partial charge in [0.15, 0.2) is 0 Å².